The molecular weight excluding hydrogens is 210 g/mol. The molecule has 0 spiro atoms. The second-order valence-corrected chi connectivity index (χ2v) is 4.92. The molecule has 1 fully saturated rings. The summed E-state index contributed by atoms with van der Waals surface area (Å²) in [5.74, 6) is 0.617. The van der Waals surface area contributed by atoms with Gasteiger partial charge in [0, 0.05) is 12.4 Å². The number of aromatic nitrogens is 1. The molecular formula is C15H17NO. The largest absolute Gasteiger partial charge is 0.341 e. The fourth-order valence-corrected chi connectivity index (χ4v) is 2.87. The fourth-order valence-electron chi connectivity index (χ4n) is 2.87. The van der Waals surface area contributed by atoms with Crippen molar-refractivity contribution in [1.82, 2.24) is 4.57 Å². The Labute approximate surface area is 101 Å². The molecule has 1 aromatic heterocycles. The first-order valence-electron chi connectivity index (χ1n) is 6.33. The Morgan fingerprint density at radius 2 is 2.18 bits per heavy atom. The number of aldehydes is 1. The Bertz CT molecular complexity index is 590. The molecule has 3 rings (SSSR count). The van der Waals surface area contributed by atoms with Crippen LogP contribution in [0.4, 0.5) is 0 Å². The first kappa shape index (κ1) is 10.6. The summed E-state index contributed by atoms with van der Waals surface area (Å²) in [6, 6.07) is 6.43. The number of carbonyl (C=O) groups is 1. The van der Waals surface area contributed by atoms with Crippen LogP contribution >= 0.6 is 0 Å². The average molecular weight is 227 g/mol. The van der Waals surface area contributed by atoms with E-state index in [0.29, 0.717) is 5.92 Å². The van der Waals surface area contributed by atoms with Gasteiger partial charge in [0.25, 0.3) is 0 Å². The smallest absolute Gasteiger partial charge is 0.166 e. The molecule has 0 unspecified atom stereocenters. The summed E-state index contributed by atoms with van der Waals surface area (Å²) >= 11 is 0. The van der Waals surface area contributed by atoms with Crippen molar-refractivity contribution in [2.75, 3.05) is 0 Å². The highest BCUT2D eigenvalue weighted by Gasteiger charge is 2.30. The molecule has 0 amide bonds. The van der Waals surface area contributed by atoms with Crippen LogP contribution in [-0.2, 0) is 13.5 Å². The third kappa shape index (κ3) is 1.43. The highest BCUT2D eigenvalue weighted by Crippen LogP contribution is 2.45. The number of fused-ring (bicyclic) bond motifs is 1. The van der Waals surface area contributed by atoms with Gasteiger partial charge in [-0.05, 0) is 36.3 Å². The third-order valence-corrected chi connectivity index (χ3v) is 3.86. The van der Waals surface area contributed by atoms with E-state index in [0.717, 1.165) is 18.4 Å². The molecule has 2 heteroatoms. The van der Waals surface area contributed by atoms with E-state index < -0.39 is 0 Å². The molecule has 0 radical (unpaired) electrons. The lowest BCUT2D eigenvalue weighted by molar-refractivity contribution is 0.111. The Hall–Kier alpha value is -1.57. The van der Waals surface area contributed by atoms with Crippen molar-refractivity contribution in [1.29, 1.82) is 0 Å². The number of benzene rings is 1. The number of hydrogen-bond acceptors (Lipinski definition) is 1. The van der Waals surface area contributed by atoms with Crippen molar-refractivity contribution < 1.29 is 4.79 Å². The Morgan fingerprint density at radius 1 is 1.41 bits per heavy atom. The summed E-state index contributed by atoms with van der Waals surface area (Å²) in [5.41, 5.74) is 4.75. The Balaban J connectivity index is 2.41. The number of hydrogen-bond donors (Lipinski definition) is 0. The first-order chi connectivity index (χ1) is 8.27. The first-order valence-corrected chi connectivity index (χ1v) is 6.33. The van der Waals surface area contributed by atoms with Crippen molar-refractivity contribution in [3.8, 4) is 0 Å². The van der Waals surface area contributed by atoms with Gasteiger partial charge in [-0.3, -0.25) is 4.79 Å². The number of carbonyl (C=O) groups excluding carboxylic acids is 1. The molecule has 0 saturated heterocycles. The predicted octanol–water partition coefficient (Wildman–Crippen LogP) is 3.43. The summed E-state index contributed by atoms with van der Waals surface area (Å²) < 4.78 is 2.08. The molecule has 0 bridgehead atoms. The van der Waals surface area contributed by atoms with Crippen molar-refractivity contribution in [2.24, 2.45) is 7.05 Å². The van der Waals surface area contributed by atoms with Crippen LogP contribution < -0.4 is 0 Å². The number of aryl methyl sites for hydroxylation is 2. The SMILES string of the molecule is CCc1cccc2c(C3CC3)c(C=O)n(C)c12. The number of para-hydroxylation sites is 1. The fraction of sp³-hybridized carbons (Fsp3) is 0.400. The van der Waals surface area contributed by atoms with Crippen LogP contribution in [0.5, 0.6) is 0 Å². The highest BCUT2D eigenvalue weighted by atomic mass is 16.1. The molecule has 1 aromatic carbocycles. The van der Waals surface area contributed by atoms with Crippen molar-refractivity contribution >= 4 is 17.2 Å². The van der Waals surface area contributed by atoms with Gasteiger partial charge < -0.3 is 4.57 Å². The summed E-state index contributed by atoms with van der Waals surface area (Å²) in [6.45, 7) is 2.17. The molecule has 2 aromatic rings. The van der Waals surface area contributed by atoms with Crippen LogP contribution in [0, 0.1) is 0 Å². The maximum absolute atomic E-state index is 11.3. The molecule has 0 aliphatic heterocycles. The van der Waals surface area contributed by atoms with Gasteiger partial charge in [0.1, 0.15) is 0 Å². The van der Waals surface area contributed by atoms with E-state index in [9.17, 15) is 4.79 Å². The maximum atomic E-state index is 11.3. The molecule has 1 aliphatic carbocycles. The predicted molar refractivity (Wildman–Crippen MR) is 69.7 cm³/mol. The monoisotopic (exact) mass is 227 g/mol. The lowest BCUT2D eigenvalue weighted by Crippen LogP contribution is -1.97. The molecule has 0 N–H and O–H groups in total. The summed E-state index contributed by atoms with van der Waals surface area (Å²) in [7, 11) is 2.01. The minimum atomic E-state index is 0.617. The van der Waals surface area contributed by atoms with Crippen LogP contribution in [0.1, 0.15) is 47.3 Å². The standard InChI is InChI=1S/C15H17NO/c1-3-10-5-4-6-12-14(11-7-8-11)13(9-17)16(2)15(10)12/h4-6,9,11H,3,7-8H2,1-2H3. The van der Waals surface area contributed by atoms with E-state index in [4.69, 9.17) is 0 Å². The molecule has 1 aliphatic rings. The van der Waals surface area contributed by atoms with E-state index in [1.807, 2.05) is 7.05 Å². The second kappa shape index (κ2) is 3.73. The van der Waals surface area contributed by atoms with Crippen LogP contribution in [0.15, 0.2) is 18.2 Å². The molecule has 2 nitrogen and oxygen atoms in total. The van der Waals surface area contributed by atoms with Gasteiger partial charge in [-0.15, -0.1) is 0 Å². The van der Waals surface area contributed by atoms with Gasteiger partial charge >= 0.3 is 0 Å². The summed E-state index contributed by atoms with van der Waals surface area (Å²) in [6.07, 6.45) is 4.50. The van der Waals surface area contributed by atoms with E-state index in [1.54, 1.807) is 0 Å². The van der Waals surface area contributed by atoms with Gasteiger partial charge in [0.05, 0.1) is 11.2 Å². The molecule has 1 heterocycles. The van der Waals surface area contributed by atoms with E-state index in [1.165, 1.54) is 34.9 Å². The normalized spacial score (nSPS) is 15.4. The number of nitrogens with zero attached hydrogens (tertiary/aromatic N) is 1. The second-order valence-electron chi connectivity index (χ2n) is 4.92. The minimum Gasteiger partial charge on any atom is -0.341 e. The zero-order chi connectivity index (χ0) is 12.0. The van der Waals surface area contributed by atoms with Crippen LogP contribution in [0.2, 0.25) is 0 Å². The van der Waals surface area contributed by atoms with Crippen molar-refractivity contribution in [3.05, 3.63) is 35.0 Å². The number of rotatable bonds is 3. The lowest BCUT2D eigenvalue weighted by Gasteiger charge is -2.03. The molecule has 17 heavy (non-hydrogen) atoms. The summed E-state index contributed by atoms with van der Waals surface area (Å²) in [5, 5.41) is 1.29. The van der Waals surface area contributed by atoms with Crippen LogP contribution in [0.25, 0.3) is 10.9 Å². The van der Waals surface area contributed by atoms with Crippen molar-refractivity contribution in [3.63, 3.8) is 0 Å². The van der Waals surface area contributed by atoms with E-state index >= 15 is 0 Å². The van der Waals surface area contributed by atoms with Crippen LogP contribution in [-0.4, -0.2) is 10.9 Å². The van der Waals surface area contributed by atoms with Gasteiger partial charge in [-0.1, -0.05) is 25.1 Å². The van der Waals surface area contributed by atoms with Gasteiger partial charge in [-0.25, -0.2) is 0 Å². The minimum absolute atomic E-state index is 0.617. The average Bonchev–Trinajstić information content (AvgIpc) is 3.14. The highest BCUT2D eigenvalue weighted by molar-refractivity contribution is 5.95. The third-order valence-electron chi connectivity index (χ3n) is 3.86. The zero-order valence-electron chi connectivity index (χ0n) is 10.4. The van der Waals surface area contributed by atoms with E-state index in [2.05, 4.69) is 29.7 Å². The Kier molecular flexibility index (Phi) is 2.32. The Morgan fingerprint density at radius 3 is 2.76 bits per heavy atom. The van der Waals surface area contributed by atoms with Gasteiger partial charge in [0.15, 0.2) is 6.29 Å². The van der Waals surface area contributed by atoms with E-state index in [-0.39, 0.29) is 0 Å². The molecule has 1 saturated carbocycles. The topological polar surface area (TPSA) is 22.0 Å². The zero-order valence-corrected chi connectivity index (χ0v) is 10.4. The molecule has 0 atom stereocenters. The quantitative estimate of drug-likeness (QED) is 0.736. The summed E-state index contributed by atoms with van der Waals surface area (Å²) in [4.78, 5) is 11.3. The van der Waals surface area contributed by atoms with Crippen molar-refractivity contribution in [2.45, 2.75) is 32.1 Å². The van der Waals surface area contributed by atoms with Crippen LogP contribution in [0.3, 0.4) is 0 Å². The van der Waals surface area contributed by atoms with Gasteiger partial charge in [-0.2, -0.15) is 0 Å². The molecule has 88 valence electrons. The van der Waals surface area contributed by atoms with Gasteiger partial charge in [0.2, 0.25) is 0 Å². The maximum Gasteiger partial charge on any atom is 0.166 e. The lowest BCUT2D eigenvalue weighted by atomic mass is 10.0.